The number of rotatable bonds is 2. The van der Waals surface area contributed by atoms with Crippen LogP contribution in [0.1, 0.15) is 33.6 Å². The van der Waals surface area contributed by atoms with Gasteiger partial charge in [-0.15, -0.1) is 0 Å². The van der Waals surface area contributed by atoms with Crippen LogP contribution in [0.15, 0.2) is 0 Å². The van der Waals surface area contributed by atoms with E-state index < -0.39 is 0 Å². The van der Waals surface area contributed by atoms with Crippen LogP contribution in [0.4, 0.5) is 0 Å². The lowest BCUT2D eigenvalue weighted by molar-refractivity contribution is -0.129. The molecule has 0 saturated carbocycles. The highest BCUT2D eigenvalue weighted by atomic mass is 16.2. The molecule has 1 rings (SSSR count). The summed E-state index contributed by atoms with van der Waals surface area (Å²) in [4.78, 5) is 22.6. The third-order valence-corrected chi connectivity index (χ3v) is 2.43. The van der Waals surface area contributed by atoms with Gasteiger partial charge >= 0.3 is 0 Å². The lowest BCUT2D eigenvalue weighted by Gasteiger charge is -2.24. The molecule has 1 atom stereocenters. The Morgan fingerprint density at radius 3 is 2.67 bits per heavy atom. The maximum atomic E-state index is 11.7. The molecule has 4 nitrogen and oxygen atoms in total. The zero-order chi connectivity index (χ0) is 11.5. The first-order chi connectivity index (χ1) is 6.88. The first kappa shape index (κ1) is 12.0. The predicted molar refractivity (Wildman–Crippen MR) is 58.2 cm³/mol. The number of amides is 2. The Hall–Kier alpha value is -1.06. The van der Waals surface area contributed by atoms with Crippen LogP contribution in [-0.2, 0) is 9.59 Å². The first-order valence-corrected chi connectivity index (χ1v) is 5.43. The normalized spacial score (nSPS) is 22.1. The van der Waals surface area contributed by atoms with Crippen LogP contribution in [0, 0.1) is 11.3 Å². The summed E-state index contributed by atoms with van der Waals surface area (Å²) in [5.41, 5.74) is 0.105. The summed E-state index contributed by atoms with van der Waals surface area (Å²) in [6.45, 7) is 7.40. The molecule has 0 spiro atoms. The van der Waals surface area contributed by atoms with Crippen molar-refractivity contribution in [2.45, 2.75) is 33.6 Å². The molecule has 0 aliphatic carbocycles. The minimum atomic E-state index is -0.0509. The molecule has 0 aromatic heterocycles. The van der Waals surface area contributed by atoms with Gasteiger partial charge in [-0.3, -0.25) is 9.59 Å². The fraction of sp³-hybridized carbons (Fsp3) is 0.818. The fourth-order valence-electron chi connectivity index (χ4n) is 1.45. The molecule has 1 heterocycles. The van der Waals surface area contributed by atoms with Crippen molar-refractivity contribution < 1.29 is 9.59 Å². The molecule has 0 bridgehead atoms. The Morgan fingerprint density at radius 2 is 2.20 bits per heavy atom. The zero-order valence-electron chi connectivity index (χ0n) is 9.72. The van der Waals surface area contributed by atoms with Crippen LogP contribution < -0.4 is 10.6 Å². The average molecular weight is 212 g/mol. The second kappa shape index (κ2) is 4.64. The summed E-state index contributed by atoms with van der Waals surface area (Å²) in [6, 6.07) is 0. The molecule has 0 radical (unpaired) electrons. The number of piperidine rings is 1. The van der Waals surface area contributed by atoms with Crippen molar-refractivity contribution >= 4 is 11.8 Å². The monoisotopic (exact) mass is 212 g/mol. The van der Waals surface area contributed by atoms with Gasteiger partial charge in [0.25, 0.3) is 0 Å². The molecule has 0 aromatic rings. The average Bonchev–Trinajstić information content (AvgIpc) is 2.14. The molecule has 1 fully saturated rings. The van der Waals surface area contributed by atoms with Crippen molar-refractivity contribution in [3.05, 3.63) is 0 Å². The Balaban J connectivity index is 2.31. The fourth-order valence-corrected chi connectivity index (χ4v) is 1.45. The van der Waals surface area contributed by atoms with Crippen molar-refractivity contribution in [3.63, 3.8) is 0 Å². The van der Waals surface area contributed by atoms with Gasteiger partial charge in [-0.25, -0.2) is 0 Å². The Kier molecular flexibility index (Phi) is 3.72. The van der Waals surface area contributed by atoms with E-state index in [2.05, 4.69) is 31.4 Å². The SMILES string of the molecule is CC(C)(C)CNC(=O)C1CCC(=O)NC1. The quantitative estimate of drug-likeness (QED) is 0.707. The van der Waals surface area contributed by atoms with E-state index in [0.29, 0.717) is 25.9 Å². The highest BCUT2D eigenvalue weighted by Crippen LogP contribution is 2.13. The molecular formula is C11H20N2O2. The lowest BCUT2D eigenvalue weighted by Crippen LogP contribution is -2.44. The minimum absolute atomic E-state index is 0.0508. The highest BCUT2D eigenvalue weighted by molar-refractivity contribution is 5.83. The van der Waals surface area contributed by atoms with Gasteiger partial charge in [-0.05, 0) is 11.8 Å². The standard InChI is InChI=1S/C11H20N2O2/c1-11(2,3)7-13-10(15)8-4-5-9(14)12-6-8/h8H,4-7H2,1-3H3,(H,12,14)(H,13,15). The van der Waals surface area contributed by atoms with Crippen molar-refractivity contribution in [3.8, 4) is 0 Å². The van der Waals surface area contributed by atoms with Crippen LogP contribution in [0.2, 0.25) is 0 Å². The number of nitrogens with one attached hydrogen (secondary N) is 2. The summed E-state index contributed by atoms with van der Waals surface area (Å²) >= 11 is 0. The van der Waals surface area contributed by atoms with E-state index in [4.69, 9.17) is 0 Å². The van der Waals surface area contributed by atoms with E-state index in [1.54, 1.807) is 0 Å². The smallest absolute Gasteiger partial charge is 0.224 e. The Morgan fingerprint density at radius 1 is 1.53 bits per heavy atom. The first-order valence-electron chi connectivity index (χ1n) is 5.43. The van der Waals surface area contributed by atoms with E-state index in [0.717, 1.165) is 0 Å². The summed E-state index contributed by atoms with van der Waals surface area (Å²) in [7, 11) is 0. The van der Waals surface area contributed by atoms with Crippen LogP contribution >= 0.6 is 0 Å². The molecule has 1 aliphatic heterocycles. The third-order valence-electron chi connectivity index (χ3n) is 2.43. The van der Waals surface area contributed by atoms with E-state index in [9.17, 15) is 9.59 Å². The van der Waals surface area contributed by atoms with Crippen molar-refractivity contribution in [1.29, 1.82) is 0 Å². The van der Waals surface area contributed by atoms with Crippen molar-refractivity contribution in [2.24, 2.45) is 11.3 Å². The van der Waals surface area contributed by atoms with Gasteiger partial charge in [0.05, 0.1) is 5.92 Å². The molecule has 4 heteroatoms. The lowest BCUT2D eigenvalue weighted by atomic mass is 9.95. The molecule has 1 unspecified atom stereocenters. The molecule has 86 valence electrons. The Labute approximate surface area is 90.8 Å². The molecule has 0 aromatic carbocycles. The van der Waals surface area contributed by atoms with Gasteiger partial charge in [-0.2, -0.15) is 0 Å². The van der Waals surface area contributed by atoms with E-state index in [1.165, 1.54) is 0 Å². The highest BCUT2D eigenvalue weighted by Gasteiger charge is 2.25. The predicted octanol–water partition coefficient (Wildman–Crippen LogP) is 0.675. The molecule has 15 heavy (non-hydrogen) atoms. The van der Waals surface area contributed by atoms with Gasteiger partial charge in [0.1, 0.15) is 0 Å². The maximum Gasteiger partial charge on any atom is 0.224 e. The summed E-state index contributed by atoms with van der Waals surface area (Å²) < 4.78 is 0. The third kappa shape index (κ3) is 4.32. The molecule has 2 N–H and O–H groups in total. The number of hydrogen-bond acceptors (Lipinski definition) is 2. The molecule has 2 amide bonds. The van der Waals surface area contributed by atoms with Crippen LogP contribution in [-0.4, -0.2) is 24.9 Å². The van der Waals surface area contributed by atoms with Gasteiger partial charge in [0.15, 0.2) is 0 Å². The largest absolute Gasteiger partial charge is 0.355 e. The van der Waals surface area contributed by atoms with E-state index in [1.807, 2.05) is 0 Å². The van der Waals surface area contributed by atoms with Crippen molar-refractivity contribution in [1.82, 2.24) is 10.6 Å². The van der Waals surface area contributed by atoms with Gasteiger partial charge in [-0.1, -0.05) is 20.8 Å². The molecule has 1 saturated heterocycles. The topological polar surface area (TPSA) is 58.2 Å². The maximum absolute atomic E-state index is 11.7. The van der Waals surface area contributed by atoms with Crippen LogP contribution in [0.25, 0.3) is 0 Å². The summed E-state index contributed by atoms with van der Waals surface area (Å²) in [6.07, 6.45) is 1.13. The second-order valence-corrected chi connectivity index (χ2v) is 5.32. The Bertz CT molecular complexity index is 246. The molecular weight excluding hydrogens is 192 g/mol. The zero-order valence-corrected chi connectivity index (χ0v) is 9.72. The van der Waals surface area contributed by atoms with Gasteiger partial charge in [0, 0.05) is 19.5 Å². The van der Waals surface area contributed by atoms with Gasteiger partial charge in [0.2, 0.25) is 11.8 Å². The van der Waals surface area contributed by atoms with Crippen LogP contribution in [0.5, 0.6) is 0 Å². The minimum Gasteiger partial charge on any atom is -0.355 e. The van der Waals surface area contributed by atoms with Crippen LogP contribution in [0.3, 0.4) is 0 Å². The number of carbonyl (C=O) groups excluding carboxylic acids is 2. The van der Waals surface area contributed by atoms with Gasteiger partial charge < -0.3 is 10.6 Å². The summed E-state index contributed by atoms with van der Waals surface area (Å²) in [5, 5.41) is 5.63. The molecule has 1 aliphatic rings. The van der Waals surface area contributed by atoms with E-state index in [-0.39, 0.29) is 23.1 Å². The number of hydrogen-bond donors (Lipinski definition) is 2. The number of carbonyl (C=O) groups is 2. The summed E-state index contributed by atoms with van der Waals surface area (Å²) in [5.74, 6) is 0.0600. The van der Waals surface area contributed by atoms with E-state index >= 15 is 0 Å². The second-order valence-electron chi connectivity index (χ2n) is 5.32. The van der Waals surface area contributed by atoms with Crippen molar-refractivity contribution in [2.75, 3.05) is 13.1 Å².